The summed E-state index contributed by atoms with van der Waals surface area (Å²) >= 11 is 0. The van der Waals surface area contributed by atoms with Crippen LogP contribution in [-0.4, -0.2) is 40.5 Å². The number of amides is 1. The fourth-order valence-corrected chi connectivity index (χ4v) is 2.69. The molecule has 2 atom stereocenters. The summed E-state index contributed by atoms with van der Waals surface area (Å²) in [5.74, 6) is -0.106. The molecule has 1 saturated carbocycles. The Labute approximate surface area is 119 Å². The molecule has 1 aliphatic carbocycles. The molecule has 1 heterocycles. The predicted octanol–water partition coefficient (Wildman–Crippen LogP) is 0.532. The molecule has 0 bridgehead atoms. The number of carbonyl (C=O) groups excluding carboxylic acids is 1. The molecule has 0 spiro atoms. The average Bonchev–Trinajstić information content (AvgIpc) is 2.91. The van der Waals surface area contributed by atoms with Gasteiger partial charge >= 0.3 is 0 Å². The van der Waals surface area contributed by atoms with Gasteiger partial charge in [0.05, 0.1) is 12.6 Å². The van der Waals surface area contributed by atoms with E-state index in [0.29, 0.717) is 26.1 Å². The molecule has 1 aromatic rings. The van der Waals surface area contributed by atoms with Crippen LogP contribution in [0.1, 0.15) is 27.2 Å². The Balaban J connectivity index is 1.86. The molecule has 20 heavy (non-hydrogen) atoms. The Morgan fingerprint density at radius 3 is 2.90 bits per heavy atom. The van der Waals surface area contributed by atoms with E-state index in [1.54, 1.807) is 10.9 Å². The zero-order valence-electron chi connectivity index (χ0n) is 12.4. The molecule has 1 fully saturated rings. The summed E-state index contributed by atoms with van der Waals surface area (Å²) in [5.41, 5.74) is 5.09. The van der Waals surface area contributed by atoms with Crippen LogP contribution in [0.25, 0.3) is 0 Å². The molecule has 6 nitrogen and oxygen atoms in total. The van der Waals surface area contributed by atoms with E-state index in [2.05, 4.69) is 10.4 Å². The first-order valence-electron chi connectivity index (χ1n) is 7.08. The minimum Gasteiger partial charge on any atom is -0.378 e. The van der Waals surface area contributed by atoms with Gasteiger partial charge in [0.2, 0.25) is 5.91 Å². The van der Waals surface area contributed by atoms with Gasteiger partial charge in [0.15, 0.2) is 0 Å². The molecule has 6 heteroatoms. The largest absolute Gasteiger partial charge is 0.378 e. The Bertz CT molecular complexity index is 458. The van der Waals surface area contributed by atoms with Gasteiger partial charge in [0.1, 0.15) is 5.54 Å². The fraction of sp³-hybridized carbons (Fsp3) is 0.714. The molecule has 1 amide bonds. The van der Waals surface area contributed by atoms with Crippen molar-refractivity contribution in [3.8, 4) is 0 Å². The van der Waals surface area contributed by atoms with E-state index in [1.165, 1.54) is 0 Å². The molecule has 2 unspecified atom stereocenters. The van der Waals surface area contributed by atoms with Crippen molar-refractivity contribution >= 4 is 5.91 Å². The smallest absolute Gasteiger partial charge is 0.240 e. The molecule has 0 saturated heterocycles. The van der Waals surface area contributed by atoms with Gasteiger partial charge in [0, 0.05) is 37.4 Å². The second-order valence-corrected chi connectivity index (χ2v) is 5.87. The van der Waals surface area contributed by atoms with E-state index in [0.717, 1.165) is 0 Å². The van der Waals surface area contributed by atoms with Crippen LogP contribution in [-0.2, 0) is 16.1 Å². The zero-order chi connectivity index (χ0) is 14.8. The Morgan fingerprint density at radius 2 is 2.35 bits per heavy atom. The lowest BCUT2D eigenvalue weighted by Gasteiger charge is -2.57. The van der Waals surface area contributed by atoms with Crippen LogP contribution >= 0.6 is 0 Å². The van der Waals surface area contributed by atoms with Crippen molar-refractivity contribution < 1.29 is 9.53 Å². The maximum atomic E-state index is 12.3. The zero-order valence-corrected chi connectivity index (χ0v) is 12.4. The van der Waals surface area contributed by atoms with Crippen LogP contribution in [0.4, 0.5) is 0 Å². The molecule has 1 aliphatic rings. The number of rotatable bonds is 6. The first-order chi connectivity index (χ1) is 9.41. The second-order valence-electron chi connectivity index (χ2n) is 5.87. The Morgan fingerprint density at radius 1 is 1.60 bits per heavy atom. The number of carbonyl (C=O) groups is 1. The summed E-state index contributed by atoms with van der Waals surface area (Å²) in [5, 5.41) is 6.99. The first-order valence-corrected chi connectivity index (χ1v) is 7.08. The highest BCUT2D eigenvalue weighted by Crippen LogP contribution is 2.49. The van der Waals surface area contributed by atoms with Crippen molar-refractivity contribution in [1.29, 1.82) is 0 Å². The second kappa shape index (κ2) is 5.54. The summed E-state index contributed by atoms with van der Waals surface area (Å²) in [6.07, 6.45) is 4.20. The van der Waals surface area contributed by atoms with Crippen molar-refractivity contribution in [2.24, 2.45) is 11.1 Å². The highest BCUT2D eigenvalue weighted by molar-refractivity contribution is 5.88. The summed E-state index contributed by atoms with van der Waals surface area (Å²) in [7, 11) is 0. The fourth-order valence-electron chi connectivity index (χ4n) is 2.69. The highest BCUT2D eigenvalue weighted by atomic mass is 16.5. The maximum absolute atomic E-state index is 12.3. The van der Waals surface area contributed by atoms with E-state index in [4.69, 9.17) is 10.5 Å². The predicted molar refractivity (Wildman–Crippen MR) is 76.0 cm³/mol. The quantitative estimate of drug-likeness (QED) is 0.796. The van der Waals surface area contributed by atoms with E-state index in [9.17, 15) is 4.79 Å². The van der Waals surface area contributed by atoms with Crippen molar-refractivity contribution in [3.63, 3.8) is 0 Å². The number of hydrogen-bond acceptors (Lipinski definition) is 4. The summed E-state index contributed by atoms with van der Waals surface area (Å²) in [6.45, 7) is 7.74. The summed E-state index contributed by atoms with van der Waals surface area (Å²) < 4.78 is 7.40. The molecule has 0 aromatic carbocycles. The monoisotopic (exact) mass is 280 g/mol. The number of nitrogens with one attached hydrogen (secondary N) is 1. The molecule has 112 valence electrons. The topological polar surface area (TPSA) is 82.2 Å². The van der Waals surface area contributed by atoms with Gasteiger partial charge in [0.25, 0.3) is 0 Å². The molecule has 1 aromatic heterocycles. The number of nitrogens with zero attached hydrogens (tertiary/aromatic N) is 2. The molecule has 3 N–H and O–H groups in total. The van der Waals surface area contributed by atoms with Crippen LogP contribution in [0.15, 0.2) is 18.5 Å². The number of nitrogens with two attached hydrogens (primary N) is 1. The molecule has 0 radical (unpaired) electrons. The molecular formula is C14H24N4O2. The third kappa shape index (κ3) is 2.45. The van der Waals surface area contributed by atoms with Crippen LogP contribution in [0.5, 0.6) is 0 Å². The van der Waals surface area contributed by atoms with Gasteiger partial charge in [-0.2, -0.15) is 5.10 Å². The van der Waals surface area contributed by atoms with E-state index in [1.807, 2.05) is 33.0 Å². The van der Waals surface area contributed by atoms with Crippen molar-refractivity contribution in [1.82, 2.24) is 15.1 Å². The molecule has 2 rings (SSSR count). The number of ether oxygens (including phenoxy) is 1. The first kappa shape index (κ1) is 15.0. The van der Waals surface area contributed by atoms with Crippen LogP contribution < -0.4 is 11.1 Å². The molecular weight excluding hydrogens is 256 g/mol. The highest BCUT2D eigenvalue weighted by Gasteiger charge is 2.62. The summed E-state index contributed by atoms with van der Waals surface area (Å²) in [4.78, 5) is 12.3. The van der Waals surface area contributed by atoms with E-state index < -0.39 is 5.54 Å². The third-order valence-corrected chi connectivity index (χ3v) is 4.42. The van der Waals surface area contributed by atoms with E-state index in [-0.39, 0.29) is 17.4 Å². The van der Waals surface area contributed by atoms with Gasteiger partial charge in [-0.05, 0) is 13.0 Å². The average molecular weight is 280 g/mol. The van der Waals surface area contributed by atoms with Crippen LogP contribution in [0.2, 0.25) is 0 Å². The number of aromatic nitrogens is 2. The SMILES string of the molecule is CCOC1CC(N)(C(=O)NCCn2cccn2)C1(C)C. The van der Waals surface area contributed by atoms with E-state index >= 15 is 0 Å². The van der Waals surface area contributed by atoms with Gasteiger partial charge < -0.3 is 15.8 Å². The van der Waals surface area contributed by atoms with Crippen molar-refractivity contribution in [2.45, 2.75) is 45.4 Å². The summed E-state index contributed by atoms with van der Waals surface area (Å²) in [6, 6.07) is 1.86. The third-order valence-electron chi connectivity index (χ3n) is 4.42. The van der Waals surface area contributed by atoms with Crippen molar-refractivity contribution in [3.05, 3.63) is 18.5 Å². The van der Waals surface area contributed by atoms with Gasteiger partial charge in [-0.25, -0.2) is 0 Å². The standard InChI is InChI=1S/C14H24N4O2/c1-4-20-11-10-14(15,13(11,2)3)12(19)16-7-9-18-8-5-6-17-18/h5-6,8,11H,4,7,9-10,15H2,1-3H3,(H,16,19). The lowest BCUT2D eigenvalue weighted by molar-refractivity contribution is -0.170. The lowest BCUT2D eigenvalue weighted by atomic mass is 9.54. The maximum Gasteiger partial charge on any atom is 0.240 e. The van der Waals surface area contributed by atoms with Gasteiger partial charge in [-0.15, -0.1) is 0 Å². The minimum atomic E-state index is -0.850. The lowest BCUT2D eigenvalue weighted by Crippen LogP contribution is -2.75. The number of hydrogen-bond donors (Lipinski definition) is 2. The van der Waals surface area contributed by atoms with Crippen LogP contribution in [0.3, 0.4) is 0 Å². The molecule has 0 aliphatic heterocycles. The normalized spacial score (nSPS) is 27.9. The van der Waals surface area contributed by atoms with Crippen molar-refractivity contribution in [2.75, 3.05) is 13.2 Å². The minimum absolute atomic E-state index is 0.0503. The Hall–Kier alpha value is -1.40. The Kier molecular flexibility index (Phi) is 4.15. The van der Waals surface area contributed by atoms with Crippen LogP contribution in [0, 0.1) is 5.41 Å². The van der Waals surface area contributed by atoms with Gasteiger partial charge in [-0.1, -0.05) is 13.8 Å². The van der Waals surface area contributed by atoms with Gasteiger partial charge in [-0.3, -0.25) is 9.48 Å².